The molecule has 0 aromatic heterocycles. The number of rotatable bonds is 11. The molecule has 0 unspecified atom stereocenters. The highest BCUT2D eigenvalue weighted by Crippen LogP contribution is 2.27. The molecule has 1 amide bonds. The van der Waals surface area contributed by atoms with Gasteiger partial charge in [0.2, 0.25) is 0 Å². The predicted octanol–water partition coefficient (Wildman–Crippen LogP) is 3.13. The van der Waals surface area contributed by atoms with Crippen LogP contribution in [0, 0.1) is 0 Å². The molecule has 0 aliphatic rings. The highest BCUT2D eigenvalue weighted by molar-refractivity contribution is 7.92. The highest BCUT2D eigenvalue weighted by atomic mass is 32.2. The van der Waals surface area contributed by atoms with Gasteiger partial charge in [0.05, 0.1) is 7.11 Å². The number of carbonyl (C=O) groups excluding carboxylic acids is 1. The number of carbonyl (C=O) groups is 1. The Morgan fingerprint density at radius 3 is 2.27 bits per heavy atom. The average molecular weight is 434 g/mol. The van der Waals surface area contributed by atoms with Crippen LogP contribution in [0.1, 0.15) is 36.7 Å². The molecule has 0 fully saturated rings. The quantitative estimate of drug-likeness (QED) is 0.568. The number of benzene rings is 2. The zero-order valence-electron chi connectivity index (χ0n) is 18.1. The molecule has 0 spiro atoms. The number of methoxy groups -OCH3 is 1. The number of anilines is 1. The number of hydrogen-bond acceptors (Lipinski definition) is 5. The number of likely N-dealkylation sites (N-methyl/N-ethyl adjacent to an activating group) is 1. The molecule has 0 aliphatic carbocycles. The summed E-state index contributed by atoms with van der Waals surface area (Å²) in [6.45, 7) is 9.18. The van der Waals surface area contributed by atoms with Crippen LogP contribution in [0.4, 0.5) is 5.69 Å². The number of nitrogens with zero attached hydrogens (tertiary/aromatic N) is 1. The van der Waals surface area contributed by atoms with E-state index >= 15 is 0 Å². The van der Waals surface area contributed by atoms with Gasteiger partial charge in [-0.1, -0.05) is 32.9 Å². The Morgan fingerprint density at radius 1 is 1.03 bits per heavy atom. The number of sulfonamides is 1. The Balaban J connectivity index is 2.20. The van der Waals surface area contributed by atoms with E-state index in [1.165, 1.54) is 19.2 Å². The topological polar surface area (TPSA) is 87.7 Å². The molecule has 7 nitrogen and oxygen atoms in total. The zero-order chi connectivity index (χ0) is 22.1. The van der Waals surface area contributed by atoms with Gasteiger partial charge in [-0.25, -0.2) is 8.42 Å². The van der Waals surface area contributed by atoms with Crippen molar-refractivity contribution in [3.8, 4) is 5.75 Å². The number of nitrogens with one attached hydrogen (secondary N) is 2. The fourth-order valence-corrected chi connectivity index (χ4v) is 4.27. The molecule has 8 heteroatoms. The summed E-state index contributed by atoms with van der Waals surface area (Å²) in [5.74, 6) is -0.152. The van der Waals surface area contributed by atoms with Crippen molar-refractivity contribution in [2.24, 2.45) is 0 Å². The smallest absolute Gasteiger partial charge is 0.265 e. The maximum absolute atomic E-state index is 13.0. The fourth-order valence-electron chi connectivity index (χ4n) is 3.02. The first-order valence-electron chi connectivity index (χ1n) is 10.1. The van der Waals surface area contributed by atoms with Crippen molar-refractivity contribution >= 4 is 21.6 Å². The Labute approximate surface area is 179 Å². The molecule has 0 heterocycles. The van der Waals surface area contributed by atoms with E-state index in [1.807, 2.05) is 19.1 Å². The van der Waals surface area contributed by atoms with Gasteiger partial charge < -0.3 is 15.0 Å². The van der Waals surface area contributed by atoms with E-state index in [4.69, 9.17) is 4.74 Å². The van der Waals surface area contributed by atoms with Crippen LogP contribution in [-0.4, -0.2) is 52.5 Å². The first kappa shape index (κ1) is 23.7. The van der Waals surface area contributed by atoms with E-state index in [-0.39, 0.29) is 22.1 Å². The molecular weight excluding hydrogens is 402 g/mol. The minimum Gasteiger partial charge on any atom is -0.495 e. The summed E-state index contributed by atoms with van der Waals surface area (Å²) < 4.78 is 33.7. The summed E-state index contributed by atoms with van der Waals surface area (Å²) in [6.07, 6.45) is 0.867. The highest BCUT2D eigenvalue weighted by Gasteiger charge is 2.22. The predicted molar refractivity (Wildman–Crippen MR) is 120 cm³/mol. The molecule has 2 aromatic rings. The monoisotopic (exact) mass is 433 g/mol. The van der Waals surface area contributed by atoms with Crippen LogP contribution in [0.5, 0.6) is 5.75 Å². The van der Waals surface area contributed by atoms with Gasteiger partial charge in [-0.05, 0) is 55.4 Å². The molecule has 164 valence electrons. The van der Waals surface area contributed by atoms with Crippen LogP contribution in [0.25, 0.3) is 0 Å². The van der Waals surface area contributed by atoms with Crippen LogP contribution in [0.15, 0.2) is 47.4 Å². The zero-order valence-corrected chi connectivity index (χ0v) is 18.9. The number of aryl methyl sites for hydroxylation is 1. The molecule has 2 N–H and O–H groups in total. The molecule has 0 radical (unpaired) electrons. The maximum Gasteiger partial charge on any atom is 0.265 e. The first-order chi connectivity index (χ1) is 14.3. The Bertz CT molecular complexity index is 939. The van der Waals surface area contributed by atoms with Crippen molar-refractivity contribution in [1.29, 1.82) is 0 Å². The van der Waals surface area contributed by atoms with Crippen LogP contribution in [-0.2, 0) is 16.4 Å². The average Bonchev–Trinajstić information content (AvgIpc) is 2.76. The largest absolute Gasteiger partial charge is 0.495 e. The van der Waals surface area contributed by atoms with Crippen molar-refractivity contribution in [3.05, 3.63) is 53.6 Å². The van der Waals surface area contributed by atoms with Crippen molar-refractivity contribution < 1.29 is 17.9 Å². The SMILES string of the molecule is CCc1ccc(NS(=O)(=O)c2cc(C(=O)NCCN(CC)CC)ccc2OC)cc1. The lowest BCUT2D eigenvalue weighted by Gasteiger charge is -2.18. The maximum atomic E-state index is 13.0. The van der Waals surface area contributed by atoms with Crippen molar-refractivity contribution in [2.45, 2.75) is 32.1 Å². The normalized spacial score (nSPS) is 11.4. The van der Waals surface area contributed by atoms with Crippen molar-refractivity contribution in [1.82, 2.24) is 10.2 Å². The molecule has 30 heavy (non-hydrogen) atoms. The molecule has 2 rings (SSSR count). The lowest BCUT2D eigenvalue weighted by molar-refractivity contribution is 0.0948. The van der Waals surface area contributed by atoms with Crippen LogP contribution >= 0.6 is 0 Å². The molecule has 0 bridgehead atoms. The summed E-state index contributed by atoms with van der Waals surface area (Å²) in [5.41, 5.74) is 1.82. The summed E-state index contributed by atoms with van der Waals surface area (Å²) in [7, 11) is -2.54. The summed E-state index contributed by atoms with van der Waals surface area (Å²) >= 11 is 0. The van der Waals surface area contributed by atoms with Gasteiger partial charge in [0.15, 0.2) is 0 Å². The summed E-state index contributed by atoms with van der Waals surface area (Å²) in [4.78, 5) is 14.6. The van der Waals surface area contributed by atoms with Gasteiger partial charge in [0.1, 0.15) is 10.6 Å². The Hall–Kier alpha value is -2.58. The van der Waals surface area contributed by atoms with Crippen LogP contribution in [0.3, 0.4) is 0 Å². The lowest BCUT2D eigenvalue weighted by Crippen LogP contribution is -2.34. The first-order valence-corrected chi connectivity index (χ1v) is 11.6. The third kappa shape index (κ3) is 6.21. The van der Waals surface area contributed by atoms with Crippen LogP contribution < -0.4 is 14.8 Å². The number of hydrogen-bond donors (Lipinski definition) is 2. The molecule has 0 atom stereocenters. The van der Waals surface area contributed by atoms with E-state index in [2.05, 4.69) is 28.8 Å². The van der Waals surface area contributed by atoms with Gasteiger partial charge in [0, 0.05) is 24.3 Å². The number of amides is 1. The van der Waals surface area contributed by atoms with Crippen molar-refractivity contribution in [3.63, 3.8) is 0 Å². The van der Waals surface area contributed by atoms with E-state index in [0.29, 0.717) is 12.2 Å². The molecule has 0 aliphatic heterocycles. The van der Waals surface area contributed by atoms with Gasteiger partial charge in [-0.2, -0.15) is 0 Å². The lowest BCUT2D eigenvalue weighted by atomic mass is 10.2. The van der Waals surface area contributed by atoms with Gasteiger partial charge in [-0.15, -0.1) is 0 Å². The van der Waals surface area contributed by atoms with Crippen LogP contribution in [0.2, 0.25) is 0 Å². The van der Waals surface area contributed by atoms with E-state index in [9.17, 15) is 13.2 Å². The number of ether oxygens (including phenoxy) is 1. The molecule has 0 saturated heterocycles. The second-order valence-corrected chi connectivity index (χ2v) is 8.46. The Morgan fingerprint density at radius 2 is 1.70 bits per heavy atom. The second kappa shape index (κ2) is 11.0. The third-order valence-electron chi connectivity index (χ3n) is 4.94. The minimum absolute atomic E-state index is 0.0824. The van der Waals surface area contributed by atoms with E-state index < -0.39 is 10.0 Å². The summed E-state index contributed by atoms with van der Waals surface area (Å²) in [5, 5.41) is 2.84. The van der Waals surface area contributed by atoms with Gasteiger partial charge in [-0.3, -0.25) is 9.52 Å². The standard InChI is InChI=1S/C22H31N3O4S/c1-5-17-8-11-19(12-9-17)24-30(27,28)21-16-18(10-13-20(21)29-4)22(26)23-14-15-25(6-2)7-3/h8-13,16,24H,5-7,14-15H2,1-4H3,(H,23,26). The molecule has 0 saturated carbocycles. The minimum atomic E-state index is -3.94. The van der Waals surface area contributed by atoms with E-state index in [0.717, 1.165) is 31.6 Å². The molecule has 2 aromatic carbocycles. The summed E-state index contributed by atoms with van der Waals surface area (Å²) in [6, 6.07) is 11.6. The Kier molecular flexibility index (Phi) is 8.68. The second-order valence-electron chi connectivity index (χ2n) is 6.80. The third-order valence-corrected chi connectivity index (χ3v) is 6.34. The van der Waals surface area contributed by atoms with Gasteiger partial charge >= 0.3 is 0 Å². The van der Waals surface area contributed by atoms with Crippen molar-refractivity contribution in [2.75, 3.05) is 38.0 Å². The fraction of sp³-hybridized carbons (Fsp3) is 0.409. The van der Waals surface area contributed by atoms with Gasteiger partial charge in [0.25, 0.3) is 15.9 Å². The molecular formula is C22H31N3O4S. The van der Waals surface area contributed by atoms with E-state index in [1.54, 1.807) is 18.2 Å².